The number of ketones is 1. The van der Waals surface area contributed by atoms with Crippen molar-refractivity contribution in [2.75, 3.05) is 16.4 Å². The first kappa shape index (κ1) is 25.6. The van der Waals surface area contributed by atoms with Crippen molar-refractivity contribution in [2.45, 2.75) is 46.6 Å². The van der Waals surface area contributed by atoms with E-state index in [2.05, 4.69) is 44.0 Å². The molecule has 2 aromatic carbocycles. The van der Waals surface area contributed by atoms with Gasteiger partial charge in [0.05, 0.1) is 11.7 Å². The molecule has 0 heterocycles. The molecule has 172 valence electrons. The Bertz CT molecular complexity index is 955. The highest BCUT2D eigenvalue weighted by Gasteiger charge is 2.21. The van der Waals surface area contributed by atoms with Crippen LogP contribution in [0.4, 0.5) is 11.4 Å². The van der Waals surface area contributed by atoms with Crippen molar-refractivity contribution in [1.82, 2.24) is 0 Å². The van der Waals surface area contributed by atoms with Crippen molar-refractivity contribution in [3.05, 3.63) is 59.7 Å². The van der Waals surface area contributed by atoms with E-state index in [1.165, 1.54) is 0 Å². The van der Waals surface area contributed by atoms with Crippen LogP contribution in [0.25, 0.3) is 0 Å². The van der Waals surface area contributed by atoms with E-state index in [9.17, 15) is 14.4 Å². The summed E-state index contributed by atoms with van der Waals surface area (Å²) in [5, 5.41) is 5.58. The van der Waals surface area contributed by atoms with Gasteiger partial charge in [0.2, 0.25) is 11.8 Å². The SMILES string of the molecule is CC(CC(=O)Nc1ccc(NC(=O)C(N)CS)cc1C(=O)c1ccccc1)CC(C)(C)C. The fraction of sp³-hybridized carbons (Fsp3) is 0.400. The minimum Gasteiger partial charge on any atom is -0.325 e. The lowest BCUT2D eigenvalue weighted by atomic mass is 9.84. The molecule has 32 heavy (non-hydrogen) atoms. The highest BCUT2D eigenvalue weighted by atomic mass is 32.1. The summed E-state index contributed by atoms with van der Waals surface area (Å²) in [6, 6.07) is 12.9. The van der Waals surface area contributed by atoms with E-state index in [0.29, 0.717) is 28.9 Å². The summed E-state index contributed by atoms with van der Waals surface area (Å²) < 4.78 is 0. The number of nitrogens with two attached hydrogens (primary N) is 1. The highest BCUT2D eigenvalue weighted by molar-refractivity contribution is 7.80. The van der Waals surface area contributed by atoms with Crippen LogP contribution >= 0.6 is 12.6 Å². The van der Waals surface area contributed by atoms with Crippen LogP contribution in [0, 0.1) is 11.3 Å². The van der Waals surface area contributed by atoms with E-state index in [4.69, 9.17) is 5.73 Å². The van der Waals surface area contributed by atoms with Gasteiger partial charge < -0.3 is 16.4 Å². The molecule has 2 rings (SSSR count). The second-order valence-electron chi connectivity index (χ2n) is 9.36. The molecule has 2 atom stereocenters. The third kappa shape index (κ3) is 7.80. The monoisotopic (exact) mass is 455 g/mol. The maximum Gasteiger partial charge on any atom is 0.242 e. The second kappa shape index (κ2) is 11.3. The van der Waals surface area contributed by atoms with E-state index in [1.807, 2.05) is 13.0 Å². The molecule has 7 heteroatoms. The van der Waals surface area contributed by atoms with Crippen molar-refractivity contribution < 1.29 is 14.4 Å². The standard InChI is InChI=1S/C25H33N3O3S/c1-16(14-25(2,3)4)12-22(29)28-21-11-10-18(27-24(31)20(26)15-32)13-19(21)23(30)17-8-6-5-7-9-17/h5-11,13,16,20,32H,12,14-15,26H2,1-4H3,(H,27,31)(H,28,29). The number of rotatable bonds is 9. The largest absolute Gasteiger partial charge is 0.325 e. The van der Waals surface area contributed by atoms with Gasteiger partial charge in [-0.1, -0.05) is 58.0 Å². The Balaban J connectivity index is 2.29. The van der Waals surface area contributed by atoms with Crippen LogP contribution < -0.4 is 16.4 Å². The van der Waals surface area contributed by atoms with Gasteiger partial charge in [0, 0.05) is 29.0 Å². The van der Waals surface area contributed by atoms with Crippen LogP contribution in [0.1, 0.15) is 56.5 Å². The maximum absolute atomic E-state index is 13.2. The predicted octanol–water partition coefficient (Wildman–Crippen LogP) is 4.51. The number of amides is 2. The molecule has 2 amide bonds. The summed E-state index contributed by atoms with van der Waals surface area (Å²) in [6.07, 6.45) is 1.26. The van der Waals surface area contributed by atoms with Crippen LogP contribution in [-0.2, 0) is 9.59 Å². The molecule has 4 N–H and O–H groups in total. The minimum atomic E-state index is -0.768. The van der Waals surface area contributed by atoms with E-state index in [0.717, 1.165) is 6.42 Å². The van der Waals surface area contributed by atoms with Gasteiger partial charge in [-0.15, -0.1) is 0 Å². The second-order valence-corrected chi connectivity index (χ2v) is 9.72. The average Bonchev–Trinajstić information content (AvgIpc) is 2.72. The molecule has 0 spiro atoms. The first-order valence-electron chi connectivity index (χ1n) is 10.7. The summed E-state index contributed by atoms with van der Waals surface area (Å²) in [5.41, 5.74) is 7.46. The highest BCUT2D eigenvalue weighted by Crippen LogP contribution is 2.28. The van der Waals surface area contributed by atoms with Crippen molar-refractivity contribution in [1.29, 1.82) is 0 Å². The number of nitrogens with one attached hydrogen (secondary N) is 2. The zero-order valence-corrected chi connectivity index (χ0v) is 20.0. The minimum absolute atomic E-state index is 0.127. The quantitative estimate of drug-likeness (QED) is 0.330. The van der Waals surface area contributed by atoms with Gasteiger partial charge in [0.1, 0.15) is 0 Å². The topological polar surface area (TPSA) is 101 Å². The predicted molar refractivity (Wildman–Crippen MR) is 133 cm³/mol. The number of carbonyl (C=O) groups is 3. The number of benzene rings is 2. The molecule has 2 aromatic rings. The molecule has 0 bridgehead atoms. The van der Waals surface area contributed by atoms with Gasteiger partial charge in [-0.05, 0) is 36.0 Å². The number of carbonyl (C=O) groups excluding carboxylic acids is 3. The van der Waals surface area contributed by atoms with Crippen LogP contribution in [0.5, 0.6) is 0 Å². The van der Waals surface area contributed by atoms with Crippen molar-refractivity contribution in [3.8, 4) is 0 Å². The molecule has 2 unspecified atom stereocenters. The van der Waals surface area contributed by atoms with Gasteiger partial charge in [0.15, 0.2) is 5.78 Å². The summed E-state index contributed by atoms with van der Waals surface area (Å²) in [5.74, 6) is -0.408. The van der Waals surface area contributed by atoms with Crippen molar-refractivity contribution in [3.63, 3.8) is 0 Å². The Morgan fingerprint density at radius 1 is 1.03 bits per heavy atom. The first-order valence-corrected chi connectivity index (χ1v) is 11.3. The number of thiol groups is 1. The van der Waals surface area contributed by atoms with Crippen LogP contribution in [-0.4, -0.2) is 29.4 Å². The fourth-order valence-corrected chi connectivity index (χ4v) is 3.78. The van der Waals surface area contributed by atoms with E-state index in [1.54, 1.807) is 42.5 Å². The summed E-state index contributed by atoms with van der Waals surface area (Å²) in [6.45, 7) is 8.48. The van der Waals surface area contributed by atoms with E-state index < -0.39 is 11.9 Å². The zero-order chi connectivity index (χ0) is 23.9. The lowest BCUT2D eigenvalue weighted by Gasteiger charge is -2.23. The lowest BCUT2D eigenvalue weighted by molar-refractivity contribution is -0.117. The summed E-state index contributed by atoms with van der Waals surface area (Å²) in [4.78, 5) is 38.0. The summed E-state index contributed by atoms with van der Waals surface area (Å²) >= 11 is 4.04. The molecule has 0 aliphatic carbocycles. The van der Waals surface area contributed by atoms with E-state index in [-0.39, 0.29) is 28.8 Å². The molecule has 0 aliphatic rings. The lowest BCUT2D eigenvalue weighted by Crippen LogP contribution is -2.37. The molecule has 6 nitrogen and oxygen atoms in total. The number of hydrogen-bond donors (Lipinski definition) is 4. The summed E-state index contributed by atoms with van der Waals surface area (Å²) in [7, 11) is 0. The van der Waals surface area contributed by atoms with Gasteiger partial charge in [-0.25, -0.2) is 0 Å². The molecular formula is C25H33N3O3S. The van der Waals surface area contributed by atoms with Gasteiger partial charge >= 0.3 is 0 Å². The van der Waals surface area contributed by atoms with Crippen LogP contribution in [0.2, 0.25) is 0 Å². The van der Waals surface area contributed by atoms with E-state index >= 15 is 0 Å². The van der Waals surface area contributed by atoms with Gasteiger partial charge in [-0.2, -0.15) is 12.6 Å². The van der Waals surface area contributed by atoms with Crippen LogP contribution in [0.3, 0.4) is 0 Å². The van der Waals surface area contributed by atoms with Crippen LogP contribution in [0.15, 0.2) is 48.5 Å². The Kier molecular flexibility index (Phi) is 9.04. The average molecular weight is 456 g/mol. The molecule has 0 fully saturated rings. The van der Waals surface area contributed by atoms with Crippen molar-refractivity contribution >= 4 is 41.6 Å². The Morgan fingerprint density at radius 2 is 1.69 bits per heavy atom. The number of anilines is 2. The molecule has 0 aliphatic heterocycles. The zero-order valence-electron chi connectivity index (χ0n) is 19.1. The number of hydrogen-bond acceptors (Lipinski definition) is 5. The van der Waals surface area contributed by atoms with Gasteiger partial charge in [-0.3, -0.25) is 14.4 Å². The molecular weight excluding hydrogens is 422 g/mol. The Labute approximate surface area is 195 Å². The molecule has 0 radical (unpaired) electrons. The normalized spacial score (nSPS) is 13.2. The smallest absolute Gasteiger partial charge is 0.242 e. The molecule has 0 saturated heterocycles. The third-order valence-corrected chi connectivity index (χ3v) is 5.26. The van der Waals surface area contributed by atoms with Gasteiger partial charge in [0.25, 0.3) is 0 Å². The first-order chi connectivity index (χ1) is 15.0. The van der Waals surface area contributed by atoms with Crippen molar-refractivity contribution in [2.24, 2.45) is 17.1 Å². The molecule has 0 saturated carbocycles. The Morgan fingerprint density at radius 3 is 2.28 bits per heavy atom. The Hall–Kier alpha value is -2.64. The third-order valence-electron chi connectivity index (χ3n) is 4.87. The molecule has 0 aromatic heterocycles. The maximum atomic E-state index is 13.2. The fourth-order valence-electron chi connectivity index (χ4n) is 3.62.